The molecular weight excluding hydrogens is 310 g/mol. The van der Waals surface area contributed by atoms with Crippen LogP contribution in [0.4, 0.5) is 5.69 Å². The Bertz CT molecular complexity index is 717. The van der Waals surface area contributed by atoms with Crippen LogP contribution >= 0.6 is 11.8 Å². The third kappa shape index (κ3) is 4.30. The molecule has 1 aromatic rings. The fourth-order valence-electron chi connectivity index (χ4n) is 2.32. The van der Waals surface area contributed by atoms with Crippen molar-refractivity contribution in [3.63, 3.8) is 0 Å². The molecule has 2 rings (SSSR count). The number of nitriles is 1. The number of hydrogen-bond acceptors (Lipinski definition) is 4. The molecule has 1 unspecified atom stereocenters. The first-order valence-corrected chi connectivity index (χ1v) is 8.31. The minimum absolute atomic E-state index is 0.0723. The summed E-state index contributed by atoms with van der Waals surface area (Å²) in [5, 5.41) is 11.9. The van der Waals surface area contributed by atoms with Crippen molar-refractivity contribution in [2.45, 2.75) is 13.8 Å². The number of nitrogens with one attached hydrogen (secondary N) is 1. The van der Waals surface area contributed by atoms with Crippen LogP contribution in [-0.2, 0) is 9.59 Å². The summed E-state index contributed by atoms with van der Waals surface area (Å²) in [6.07, 6.45) is 0. The molecule has 1 aliphatic rings. The summed E-state index contributed by atoms with van der Waals surface area (Å²) in [5.74, 6) is 0.302. The van der Waals surface area contributed by atoms with Gasteiger partial charge in [-0.25, -0.2) is 4.99 Å². The summed E-state index contributed by atoms with van der Waals surface area (Å²) < 4.78 is 0. The van der Waals surface area contributed by atoms with Gasteiger partial charge in [0.25, 0.3) is 5.91 Å². The molecule has 2 amide bonds. The molecule has 0 aromatic heterocycles. The highest BCUT2D eigenvalue weighted by Gasteiger charge is 2.27. The zero-order valence-electron chi connectivity index (χ0n) is 13.0. The standard InChI is InChI=1S/C17H17N3O2S/c1-11-14(8-18)17(22)19-12(2)15(11)9-23-10-16(21)20-13-6-4-3-5-7-13/h3-7,15H,9-10H2,1-2H3,(H,20,21). The molecule has 1 N–H and O–H groups in total. The smallest absolute Gasteiger partial charge is 0.287 e. The Labute approximate surface area is 139 Å². The van der Waals surface area contributed by atoms with E-state index in [1.807, 2.05) is 36.4 Å². The minimum atomic E-state index is -0.467. The SMILES string of the molecule is CC1=NC(=O)C(C#N)=C(C)C1CSCC(=O)Nc1ccccc1. The Morgan fingerprint density at radius 3 is 2.70 bits per heavy atom. The van der Waals surface area contributed by atoms with Gasteiger partial charge in [-0.3, -0.25) is 9.59 Å². The average molecular weight is 327 g/mol. The number of para-hydroxylation sites is 1. The lowest BCUT2D eigenvalue weighted by atomic mass is 9.91. The molecule has 0 saturated heterocycles. The maximum absolute atomic E-state index is 11.9. The van der Waals surface area contributed by atoms with Crippen molar-refractivity contribution in [1.82, 2.24) is 0 Å². The van der Waals surface area contributed by atoms with Crippen molar-refractivity contribution in [1.29, 1.82) is 5.26 Å². The number of dihydropyridines is 1. The molecule has 1 aromatic carbocycles. The fourth-order valence-corrected chi connectivity index (χ4v) is 3.42. The van der Waals surface area contributed by atoms with Gasteiger partial charge in [-0.1, -0.05) is 18.2 Å². The van der Waals surface area contributed by atoms with E-state index in [0.717, 1.165) is 11.3 Å². The average Bonchev–Trinajstić information content (AvgIpc) is 2.51. The first-order chi connectivity index (χ1) is 11.0. The highest BCUT2D eigenvalue weighted by molar-refractivity contribution is 8.00. The van der Waals surface area contributed by atoms with Gasteiger partial charge in [0, 0.05) is 23.1 Å². The van der Waals surface area contributed by atoms with Crippen molar-refractivity contribution in [2.24, 2.45) is 10.9 Å². The second-order valence-electron chi connectivity index (χ2n) is 5.21. The van der Waals surface area contributed by atoms with Gasteiger partial charge in [-0.15, -0.1) is 0 Å². The van der Waals surface area contributed by atoms with Crippen LogP contribution in [0.2, 0.25) is 0 Å². The monoisotopic (exact) mass is 327 g/mol. The van der Waals surface area contributed by atoms with Crippen LogP contribution in [0.1, 0.15) is 13.8 Å². The Kier molecular flexibility index (Phi) is 5.72. The first-order valence-electron chi connectivity index (χ1n) is 7.16. The molecule has 0 fully saturated rings. The van der Waals surface area contributed by atoms with E-state index in [-0.39, 0.29) is 17.4 Å². The minimum Gasteiger partial charge on any atom is -0.325 e. The highest BCUT2D eigenvalue weighted by atomic mass is 32.2. The van der Waals surface area contributed by atoms with E-state index in [2.05, 4.69) is 10.3 Å². The number of amides is 2. The molecule has 5 nitrogen and oxygen atoms in total. The highest BCUT2D eigenvalue weighted by Crippen LogP contribution is 2.26. The Morgan fingerprint density at radius 1 is 1.35 bits per heavy atom. The number of aliphatic imine (C=N–C) groups is 1. The van der Waals surface area contributed by atoms with Crippen molar-refractivity contribution in [2.75, 3.05) is 16.8 Å². The predicted octanol–water partition coefficient (Wildman–Crippen LogP) is 2.82. The van der Waals surface area contributed by atoms with Gasteiger partial charge < -0.3 is 5.32 Å². The summed E-state index contributed by atoms with van der Waals surface area (Å²) in [5.41, 5.74) is 2.32. The summed E-state index contributed by atoms with van der Waals surface area (Å²) >= 11 is 1.46. The Hall–Kier alpha value is -2.39. The number of hydrogen-bond donors (Lipinski definition) is 1. The molecule has 0 saturated carbocycles. The first kappa shape index (κ1) is 17.0. The van der Waals surface area contributed by atoms with Crippen molar-refractivity contribution in [3.05, 3.63) is 41.5 Å². The molecule has 1 aliphatic heterocycles. The second-order valence-corrected chi connectivity index (χ2v) is 6.24. The van der Waals surface area contributed by atoms with E-state index in [9.17, 15) is 9.59 Å². The lowest BCUT2D eigenvalue weighted by Crippen LogP contribution is -2.25. The third-order valence-electron chi connectivity index (χ3n) is 3.60. The Morgan fingerprint density at radius 2 is 2.04 bits per heavy atom. The van der Waals surface area contributed by atoms with Gasteiger partial charge in [-0.2, -0.15) is 17.0 Å². The third-order valence-corrected chi connectivity index (χ3v) is 4.64. The zero-order chi connectivity index (χ0) is 16.8. The van der Waals surface area contributed by atoms with Crippen molar-refractivity contribution in [3.8, 4) is 6.07 Å². The molecule has 118 valence electrons. The van der Waals surface area contributed by atoms with Crippen LogP contribution in [0.25, 0.3) is 0 Å². The second kappa shape index (κ2) is 7.75. The number of nitrogens with zero attached hydrogens (tertiary/aromatic N) is 2. The molecule has 0 spiro atoms. The van der Waals surface area contributed by atoms with E-state index in [1.54, 1.807) is 13.8 Å². The van der Waals surface area contributed by atoms with E-state index in [1.165, 1.54) is 11.8 Å². The lowest BCUT2D eigenvalue weighted by molar-refractivity contribution is -0.114. The summed E-state index contributed by atoms with van der Waals surface area (Å²) in [6, 6.07) is 11.2. The summed E-state index contributed by atoms with van der Waals surface area (Å²) in [7, 11) is 0. The summed E-state index contributed by atoms with van der Waals surface area (Å²) in [6.45, 7) is 3.56. The maximum Gasteiger partial charge on any atom is 0.287 e. The van der Waals surface area contributed by atoms with Gasteiger partial charge in [0.2, 0.25) is 5.91 Å². The molecule has 23 heavy (non-hydrogen) atoms. The number of thioether (sulfide) groups is 1. The number of anilines is 1. The maximum atomic E-state index is 11.9. The molecule has 0 bridgehead atoms. The van der Waals surface area contributed by atoms with Crippen LogP contribution < -0.4 is 5.32 Å². The van der Waals surface area contributed by atoms with Crippen LogP contribution in [0.5, 0.6) is 0 Å². The van der Waals surface area contributed by atoms with E-state index in [4.69, 9.17) is 5.26 Å². The quantitative estimate of drug-likeness (QED) is 0.901. The number of carbonyl (C=O) groups is 2. The van der Waals surface area contributed by atoms with E-state index in [0.29, 0.717) is 17.2 Å². The van der Waals surface area contributed by atoms with Gasteiger partial charge in [0.15, 0.2) is 0 Å². The predicted molar refractivity (Wildman–Crippen MR) is 92.3 cm³/mol. The molecule has 1 heterocycles. The van der Waals surface area contributed by atoms with E-state index < -0.39 is 5.91 Å². The molecule has 1 atom stereocenters. The Balaban J connectivity index is 1.90. The van der Waals surface area contributed by atoms with Crippen molar-refractivity contribution < 1.29 is 9.59 Å². The fraction of sp³-hybridized carbons (Fsp3) is 0.294. The molecule has 6 heteroatoms. The zero-order valence-corrected chi connectivity index (χ0v) is 13.8. The van der Waals surface area contributed by atoms with Gasteiger partial charge in [0.1, 0.15) is 11.6 Å². The van der Waals surface area contributed by atoms with Crippen LogP contribution in [0, 0.1) is 17.2 Å². The summed E-state index contributed by atoms with van der Waals surface area (Å²) in [4.78, 5) is 27.5. The number of allylic oxidation sites excluding steroid dienone is 1. The molecule has 0 radical (unpaired) electrons. The van der Waals surface area contributed by atoms with Gasteiger partial charge in [-0.05, 0) is 31.6 Å². The van der Waals surface area contributed by atoms with Crippen LogP contribution in [0.15, 0.2) is 46.5 Å². The van der Waals surface area contributed by atoms with Crippen LogP contribution in [-0.4, -0.2) is 29.0 Å². The van der Waals surface area contributed by atoms with Crippen molar-refractivity contribution >= 4 is 35.0 Å². The number of rotatable bonds is 5. The normalized spacial score (nSPS) is 17.5. The number of benzene rings is 1. The largest absolute Gasteiger partial charge is 0.325 e. The lowest BCUT2D eigenvalue weighted by Gasteiger charge is -2.21. The number of carbonyl (C=O) groups excluding carboxylic acids is 2. The topological polar surface area (TPSA) is 82.3 Å². The van der Waals surface area contributed by atoms with Gasteiger partial charge >= 0.3 is 0 Å². The van der Waals surface area contributed by atoms with E-state index >= 15 is 0 Å². The van der Waals surface area contributed by atoms with Gasteiger partial charge in [0.05, 0.1) is 5.75 Å². The molecular formula is C17H17N3O2S. The molecule has 0 aliphatic carbocycles. The van der Waals surface area contributed by atoms with Crippen LogP contribution in [0.3, 0.4) is 0 Å².